The number of carbonyl (C=O) groups excluding carboxylic acids is 1. The average molecular weight is 415 g/mol. The fourth-order valence-corrected chi connectivity index (χ4v) is 8.43. The first-order valence-electron chi connectivity index (χ1n) is 11.5. The van der Waals surface area contributed by atoms with Gasteiger partial charge in [-0.1, -0.05) is 26.8 Å². The molecule has 2 saturated heterocycles. The van der Waals surface area contributed by atoms with Crippen molar-refractivity contribution in [3.8, 4) is 12.3 Å². The Morgan fingerprint density at radius 1 is 1.30 bits per heavy atom. The molecule has 2 spiro atoms. The lowest BCUT2D eigenvalue weighted by molar-refractivity contribution is -0.402. The molecule has 9 atom stereocenters. The lowest BCUT2D eigenvalue weighted by Crippen LogP contribution is -2.78. The minimum atomic E-state index is -1.08. The van der Waals surface area contributed by atoms with Crippen molar-refractivity contribution in [3.63, 3.8) is 0 Å². The number of ketones is 1. The van der Waals surface area contributed by atoms with Crippen LogP contribution in [-0.4, -0.2) is 47.2 Å². The SMILES string of the molecule is C#CCCCO[C@@H]1O[C@@H]2C[C@@H]3C(C)(C)CCC[C@]13[C@@H]1[C@@H](O)C[C@H]3C(=C)C(=O)[C@@]21[C@@H]3O. The minimum Gasteiger partial charge on any atom is -0.393 e. The summed E-state index contributed by atoms with van der Waals surface area (Å²) in [6.07, 6.45) is 8.43. The zero-order valence-corrected chi connectivity index (χ0v) is 18.1. The monoisotopic (exact) mass is 414 g/mol. The van der Waals surface area contributed by atoms with Crippen LogP contribution in [0.4, 0.5) is 0 Å². The molecular formula is C25H34O5. The number of hydrogen-bond donors (Lipinski definition) is 2. The van der Waals surface area contributed by atoms with Crippen molar-refractivity contribution in [2.24, 2.45) is 34.0 Å². The molecule has 30 heavy (non-hydrogen) atoms. The van der Waals surface area contributed by atoms with Crippen LogP contribution >= 0.6 is 0 Å². The van der Waals surface area contributed by atoms with E-state index in [9.17, 15) is 15.0 Å². The summed E-state index contributed by atoms with van der Waals surface area (Å²) in [4.78, 5) is 13.6. The Morgan fingerprint density at radius 2 is 2.07 bits per heavy atom. The molecule has 0 aromatic rings. The van der Waals surface area contributed by atoms with Crippen LogP contribution in [0.15, 0.2) is 12.2 Å². The molecule has 0 radical (unpaired) electrons. The number of fused-ring (bicyclic) bond motifs is 2. The highest BCUT2D eigenvalue weighted by molar-refractivity contribution is 6.04. The average Bonchev–Trinajstić information content (AvgIpc) is 2.81. The topological polar surface area (TPSA) is 76.0 Å². The molecule has 5 nitrogen and oxygen atoms in total. The van der Waals surface area contributed by atoms with Crippen LogP contribution in [0.5, 0.6) is 0 Å². The molecule has 164 valence electrons. The predicted molar refractivity (Wildman–Crippen MR) is 111 cm³/mol. The van der Waals surface area contributed by atoms with Crippen molar-refractivity contribution in [3.05, 3.63) is 12.2 Å². The number of aliphatic hydroxyl groups excluding tert-OH is 2. The van der Waals surface area contributed by atoms with Crippen LogP contribution in [-0.2, 0) is 14.3 Å². The van der Waals surface area contributed by atoms with Gasteiger partial charge in [0.15, 0.2) is 12.1 Å². The van der Waals surface area contributed by atoms with E-state index in [0.29, 0.717) is 25.0 Å². The van der Waals surface area contributed by atoms with Gasteiger partial charge in [0.1, 0.15) is 0 Å². The summed E-state index contributed by atoms with van der Waals surface area (Å²) in [7, 11) is 0. The van der Waals surface area contributed by atoms with E-state index in [0.717, 1.165) is 32.1 Å². The van der Waals surface area contributed by atoms with Crippen LogP contribution in [0.1, 0.15) is 58.8 Å². The molecule has 4 aliphatic carbocycles. The first-order chi connectivity index (χ1) is 14.2. The molecule has 2 heterocycles. The summed E-state index contributed by atoms with van der Waals surface area (Å²) in [6.45, 7) is 9.12. The smallest absolute Gasteiger partial charge is 0.170 e. The molecule has 6 fully saturated rings. The highest BCUT2D eigenvalue weighted by atomic mass is 16.7. The summed E-state index contributed by atoms with van der Waals surface area (Å²) in [5.41, 5.74) is -1.04. The summed E-state index contributed by atoms with van der Waals surface area (Å²) in [5.74, 6) is 2.10. The zero-order chi connectivity index (χ0) is 21.5. The van der Waals surface area contributed by atoms with Crippen molar-refractivity contribution in [1.29, 1.82) is 0 Å². The zero-order valence-electron chi connectivity index (χ0n) is 18.1. The van der Waals surface area contributed by atoms with Gasteiger partial charge in [-0.3, -0.25) is 4.79 Å². The van der Waals surface area contributed by atoms with E-state index in [2.05, 4.69) is 26.3 Å². The molecule has 2 N–H and O–H groups in total. The second-order valence-corrected chi connectivity index (χ2v) is 11.0. The van der Waals surface area contributed by atoms with E-state index in [4.69, 9.17) is 15.9 Å². The third-order valence-electron chi connectivity index (χ3n) is 9.44. The normalized spacial score (nSPS) is 50.7. The number of hydrogen-bond acceptors (Lipinski definition) is 5. The second-order valence-electron chi connectivity index (χ2n) is 11.0. The van der Waals surface area contributed by atoms with Gasteiger partial charge in [-0.2, -0.15) is 0 Å². The minimum absolute atomic E-state index is 0.0580. The third-order valence-corrected chi connectivity index (χ3v) is 9.44. The quantitative estimate of drug-likeness (QED) is 0.420. The number of carbonyl (C=O) groups is 1. The van der Waals surface area contributed by atoms with Gasteiger partial charge in [-0.05, 0) is 49.0 Å². The van der Waals surface area contributed by atoms with E-state index in [-0.39, 0.29) is 29.0 Å². The van der Waals surface area contributed by atoms with Crippen LogP contribution < -0.4 is 0 Å². The molecule has 0 amide bonds. The van der Waals surface area contributed by atoms with Gasteiger partial charge in [-0.15, -0.1) is 12.3 Å². The van der Waals surface area contributed by atoms with Gasteiger partial charge in [0.25, 0.3) is 0 Å². The van der Waals surface area contributed by atoms with Gasteiger partial charge in [-0.25, -0.2) is 0 Å². The predicted octanol–water partition coefficient (Wildman–Crippen LogP) is 2.84. The Hall–Kier alpha value is -1.19. The highest BCUT2D eigenvalue weighted by Crippen LogP contribution is 2.75. The molecule has 0 unspecified atom stereocenters. The summed E-state index contributed by atoms with van der Waals surface area (Å²) >= 11 is 0. The third kappa shape index (κ3) is 2.26. The van der Waals surface area contributed by atoms with Gasteiger partial charge >= 0.3 is 0 Å². The van der Waals surface area contributed by atoms with Crippen molar-refractivity contribution in [2.75, 3.05) is 6.61 Å². The Morgan fingerprint density at radius 3 is 2.80 bits per heavy atom. The maximum atomic E-state index is 13.6. The molecule has 0 aromatic carbocycles. The summed E-state index contributed by atoms with van der Waals surface area (Å²) in [6, 6.07) is 0. The first kappa shape index (κ1) is 20.7. The van der Waals surface area contributed by atoms with Gasteiger partial charge in [0.05, 0.1) is 30.3 Å². The maximum absolute atomic E-state index is 13.6. The number of ether oxygens (including phenoxy) is 2. The Balaban J connectivity index is 1.63. The van der Waals surface area contributed by atoms with Crippen molar-refractivity contribution < 1.29 is 24.5 Å². The number of unbranched alkanes of at least 4 members (excludes halogenated alkanes) is 1. The maximum Gasteiger partial charge on any atom is 0.170 e. The number of aliphatic hydroxyl groups is 2. The molecule has 6 aliphatic rings. The standard InChI is InChI=1S/C25H34O5/c1-5-6-7-11-29-22-24-10-8-9-23(3,4)17(24)13-18(30-22)25-19(24)16(26)12-15(21(25)28)14(2)20(25)27/h1,15-19,21-22,26,28H,2,6-13H2,3-4H3/t15-,16-,17+,18+,19-,21+,22+,24-,25+/m0/s1. The van der Waals surface area contributed by atoms with E-state index in [1.807, 2.05) is 0 Å². The summed E-state index contributed by atoms with van der Waals surface area (Å²) < 4.78 is 12.9. The van der Waals surface area contributed by atoms with Crippen molar-refractivity contribution >= 4 is 5.78 Å². The fraction of sp³-hybridized carbons (Fsp3) is 0.800. The number of terminal acetylenes is 1. The van der Waals surface area contributed by atoms with E-state index >= 15 is 0 Å². The molecule has 0 aromatic heterocycles. The number of Topliss-reactive ketones (excluding diaryl/α,β-unsaturated/α-hetero) is 1. The highest BCUT2D eigenvalue weighted by Gasteiger charge is 2.81. The van der Waals surface area contributed by atoms with Gasteiger partial charge in [0, 0.05) is 23.7 Å². The fourth-order valence-electron chi connectivity index (χ4n) is 8.43. The van der Waals surface area contributed by atoms with Crippen LogP contribution in [0.2, 0.25) is 0 Å². The molecule has 5 heteroatoms. The van der Waals surface area contributed by atoms with Crippen LogP contribution in [0.3, 0.4) is 0 Å². The first-order valence-corrected chi connectivity index (χ1v) is 11.5. The lowest BCUT2D eigenvalue weighted by atomic mass is 9.37. The largest absolute Gasteiger partial charge is 0.393 e. The Labute approximate surface area is 179 Å². The van der Waals surface area contributed by atoms with E-state index < -0.39 is 35.4 Å². The molecule has 6 rings (SSSR count). The lowest BCUT2D eigenvalue weighted by Gasteiger charge is -2.72. The van der Waals surface area contributed by atoms with E-state index in [1.54, 1.807) is 0 Å². The molecule has 4 saturated carbocycles. The van der Waals surface area contributed by atoms with Crippen molar-refractivity contribution in [1.82, 2.24) is 0 Å². The molecular weight excluding hydrogens is 380 g/mol. The van der Waals surface area contributed by atoms with Crippen molar-refractivity contribution in [2.45, 2.75) is 83.4 Å². The Bertz CT molecular complexity index is 811. The van der Waals surface area contributed by atoms with Crippen LogP contribution in [0, 0.1) is 46.3 Å². The summed E-state index contributed by atoms with van der Waals surface area (Å²) in [5, 5.41) is 22.8. The van der Waals surface area contributed by atoms with Gasteiger partial charge < -0.3 is 19.7 Å². The number of rotatable bonds is 4. The van der Waals surface area contributed by atoms with Gasteiger partial charge in [0.2, 0.25) is 0 Å². The Kier molecular flexibility index (Phi) is 4.59. The van der Waals surface area contributed by atoms with E-state index in [1.165, 1.54) is 0 Å². The molecule has 4 bridgehead atoms. The van der Waals surface area contributed by atoms with Crippen LogP contribution in [0.25, 0.3) is 0 Å². The second kappa shape index (κ2) is 6.65. The molecule has 2 aliphatic heterocycles.